The lowest BCUT2D eigenvalue weighted by Gasteiger charge is -2.05. The largest absolute Gasteiger partial charge is 0.319 e. The monoisotopic (exact) mass is 427 g/mol. The van der Waals surface area contributed by atoms with Gasteiger partial charge >= 0.3 is 0 Å². The number of sulfonamides is 1. The molecular weight excluding hydrogens is 406 g/mol. The molecule has 0 aliphatic heterocycles. The molecule has 1 N–H and O–H groups in total. The first-order valence-corrected chi connectivity index (χ1v) is 11.2. The molecule has 150 valence electrons. The van der Waals surface area contributed by atoms with Crippen molar-refractivity contribution in [3.8, 4) is 0 Å². The molecule has 0 atom stereocenters. The summed E-state index contributed by atoms with van der Waals surface area (Å²) in [5.41, 5.74) is 2.63. The van der Waals surface area contributed by atoms with Crippen molar-refractivity contribution in [3.05, 3.63) is 94.3 Å². The summed E-state index contributed by atoms with van der Waals surface area (Å²) < 4.78 is 28.5. The van der Waals surface area contributed by atoms with Gasteiger partial charge in [0.25, 0.3) is 5.91 Å². The molecule has 1 aromatic heterocycles. The van der Waals surface area contributed by atoms with Gasteiger partial charge in [-0.15, -0.1) is 17.9 Å². The highest BCUT2D eigenvalue weighted by Crippen LogP contribution is 2.11. The second-order valence-corrected chi connectivity index (χ2v) is 9.02. The van der Waals surface area contributed by atoms with Crippen molar-refractivity contribution in [1.82, 2.24) is 9.29 Å². The molecule has 8 heteroatoms. The quantitative estimate of drug-likeness (QED) is 0.589. The molecular formula is C21H21N3O3S2. The van der Waals surface area contributed by atoms with Crippen molar-refractivity contribution in [1.29, 1.82) is 0 Å². The van der Waals surface area contributed by atoms with E-state index in [9.17, 15) is 13.2 Å². The van der Waals surface area contributed by atoms with Crippen LogP contribution in [0.1, 0.15) is 21.5 Å². The number of benzene rings is 2. The number of carbonyl (C=O) groups is 1. The van der Waals surface area contributed by atoms with Crippen LogP contribution in [0.4, 0.5) is 0 Å². The van der Waals surface area contributed by atoms with E-state index in [1.54, 1.807) is 0 Å². The second kappa shape index (κ2) is 9.13. The molecule has 29 heavy (non-hydrogen) atoms. The fourth-order valence-electron chi connectivity index (χ4n) is 2.58. The van der Waals surface area contributed by atoms with Gasteiger partial charge < -0.3 is 4.57 Å². The summed E-state index contributed by atoms with van der Waals surface area (Å²) in [5.74, 6) is -0.423. The zero-order valence-electron chi connectivity index (χ0n) is 15.9. The Morgan fingerprint density at radius 3 is 2.52 bits per heavy atom. The van der Waals surface area contributed by atoms with E-state index in [1.807, 2.05) is 47.3 Å². The molecule has 3 rings (SSSR count). The van der Waals surface area contributed by atoms with Gasteiger partial charge in [-0.2, -0.15) is 4.99 Å². The lowest BCUT2D eigenvalue weighted by atomic mass is 10.1. The highest BCUT2D eigenvalue weighted by Gasteiger charge is 2.14. The van der Waals surface area contributed by atoms with Crippen LogP contribution >= 0.6 is 11.3 Å². The molecule has 0 fully saturated rings. The standard InChI is InChI=1S/C21H21N3O3S2/c1-3-12-22-29(26,27)19-10-8-18(9-11-19)20(25)23-21-24(13-14-28-21)15-17-6-4-16(2)5-7-17/h3-11,13-14,22H,1,12,15H2,2H3. The number of nitrogens with zero attached hydrogens (tertiary/aromatic N) is 2. The molecule has 0 aliphatic rings. The van der Waals surface area contributed by atoms with E-state index < -0.39 is 15.9 Å². The molecule has 0 saturated carbocycles. The van der Waals surface area contributed by atoms with E-state index in [0.717, 1.165) is 5.56 Å². The lowest BCUT2D eigenvalue weighted by Crippen LogP contribution is -2.23. The molecule has 0 unspecified atom stereocenters. The maximum Gasteiger partial charge on any atom is 0.279 e. The van der Waals surface area contributed by atoms with Crippen molar-refractivity contribution in [2.45, 2.75) is 18.4 Å². The second-order valence-electron chi connectivity index (χ2n) is 6.38. The fourth-order valence-corrected chi connectivity index (χ4v) is 4.30. The SMILES string of the molecule is C=CCNS(=O)(=O)c1ccc(C(=O)N=c2sccn2Cc2ccc(C)cc2)cc1. The average molecular weight is 428 g/mol. The van der Waals surface area contributed by atoms with E-state index in [2.05, 4.69) is 16.3 Å². The summed E-state index contributed by atoms with van der Waals surface area (Å²) in [7, 11) is -3.62. The van der Waals surface area contributed by atoms with Gasteiger partial charge in [-0.1, -0.05) is 35.9 Å². The summed E-state index contributed by atoms with van der Waals surface area (Å²) in [6, 6.07) is 13.9. The molecule has 0 saturated heterocycles. The van der Waals surface area contributed by atoms with Gasteiger partial charge in [-0.3, -0.25) is 4.79 Å². The number of amides is 1. The third-order valence-corrected chi connectivity index (χ3v) is 6.39. The predicted octanol–water partition coefficient (Wildman–Crippen LogP) is 3.11. The Kier molecular flexibility index (Phi) is 6.58. The first-order valence-electron chi connectivity index (χ1n) is 8.88. The molecule has 1 amide bonds. The molecule has 0 radical (unpaired) electrons. The van der Waals surface area contributed by atoms with Crippen molar-refractivity contribution >= 4 is 27.3 Å². The number of nitrogens with one attached hydrogen (secondary N) is 1. The van der Waals surface area contributed by atoms with Crippen LogP contribution in [0.25, 0.3) is 0 Å². The van der Waals surface area contributed by atoms with Gasteiger partial charge in [0, 0.05) is 30.2 Å². The van der Waals surface area contributed by atoms with Crippen LogP contribution < -0.4 is 9.52 Å². The summed E-state index contributed by atoms with van der Waals surface area (Å²) in [6.07, 6.45) is 3.35. The van der Waals surface area contributed by atoms with Crippen LogP contribution in [0.3, 0.4) is 0 Å². The molecule has 6 nitrogen and oxygen atoms in total. The van der Waals surface area contributed by atoms with E-state index in [4.69, 9.17) is 0 Å². The maximum absolute atomic E-state index is 12.5. The number of aryl methyl sites for hydroxylation is 1. The smallest absolute Gasteiger partial charge is 0.279 e. The maximum atomic E-state index is 12.5. The number of hydrogen-bond donors (Lipinski definition) is 1. The third kappa shape index (κ3) is 5.38. The Morgan fingerprint density at radius 1 is 1.17 bits per heavy atom. The summed E-state index contributed by atoms with van der Waals surface area (Å²) in [5, 5.41) is 1.88. The van der Waals surface area contributed by atoms with Crippen molar-refractivity contribution in [2.75, 3.05) is 6.54 Å². The van der Waals surface area contributed by atoms with Crippen LogP contribution in [0, 0.1) is 6.92 Å². The highest BCUT2D eigenvalue weighted by atomic mass is 32.2. The lowest BCUT2D eigenvalue weighted by molar-refractivity contribution is 0.0997. The van der Waals surface area contributed by atoms with Gasteiger partial charge in [-0.05, 0) is 36.8 Å². The number of hydrogen-bond acceptors (Lipinski definition) is 4. The number of aromatic nitrogens is 1. The van der Waals surface area contributed by atoms with E-state index in [1.165, 1.54) is 47.2 Å². The summed E-state index contributed by atoms with van der Waals surface area (Å²) in [4.78, 5) is 17.4. The van der Waals surface area contributed by atoms with E-state index in [0.29, 0.717) is 16.9 Å². The van der Waals surface area contributed by atoms with Crippen molar-refractivity contribution in [3.63, 3.8) is 0 Å². The Hall–Kier alpha value is -2.81. The topological polar surface area (TPSA) is 80.5 Å². The minimum atomic E-state index is -3.62. The van der Waals surface area contributed by atoms with Gasteiger partial charge in [-0.25, -0.2) is 13.1 Å². The van der Waals surface area contributed by atoms with Crippen molar-refractivity contribution < 1.29 is 13.2 Å². The average Bonchev–Trinajstić information content (AvgIpc) is 3.15. The number of carbonyl (C=O) groups excluding carboxylic acids is 1. The molecule has 0 bridgehead atoms. The first kappa shape index (κ1) is 20.9. The molecule has 1 heterocycles. The predicted molar refractivity (Wildman–Crippen MR) is 114 cm³/mol. The van der Waals surface area contributed by atoms with Crippen LogP contribution in [0.5, 0.6) is 0 Å². The Labute approximate surface area is 173 Å². The first-order chi connectivity index (χ1) is 13.9. The van der Waals surface area contributed by atoms with Gasteiger partial charge in [0.05, 0.1) is 4.90 Å². The zero-order chi connectivity index (χ0) is 20.9. The van der Waals surface area contributed by atoms with Crippen LogP contribution in [-0.4, -0.2) is 25.4 Å². The van der Waals surface area contributed by atoms with Gasteiger partial charge in [0.15, 0.2) is 4.80 Å². The van der Waals surface area contributed by atoms with Gasteiger partial charge in [0.2, 0.25) is 10.0 Å². The van der Waals surface area contributed by atoms with Gasteiger partial charge in [0.1, 0.15) is 0 Å². The van der Waals surface area contributed by atoms with Crippen LogP contribution in [-0.2, 0) is 16.6 Å². The molecule has 3 aromatic rings. The van der Waals surface area contributed by atoms with Crippen LogP contribution in [0.2, 0.25) is 0 Å². The third-order valence-electron chi connectivity index (χ3n) is 4.16. The van der Waals surface area contributed by atoms with E-state index >= 15 is 0 Å². The zero-order valence-corrected chi connectivity index (χ0v) is 17.5. The Bertz CT molecular complexity index is 1170. The molecule has 0 aliphatic carbocycles. The normalized spacial score (nSPS) is 12.1. The summed E-state index contributed by atoms with van der Waals surface area (Å²) >= 11 is 1.37. The summed E-state index contributed by atoms with van der Waals surface area (Å²) in [6.45, 7) is 6.27. The minimum Gasteiger partial charge on any atom is -0.319 e. The molecule has 0 spiro atoms. The fraction of sp³-hybridized carbons (Fsp3) is 0.143. The molecule has 2 aromatic carbocycles. The highest BCUT2D eigenvalue weighted by molar-refractivity contribution is 7.89. The minimum absolute atomic E-state index is 0.0847. The van der Waals surface area contributed by atoms with Crippen molar-refractivity contribution in [2.24, 2.45) is 4.99 Å². The Morgan fingerprint density at radius 2 is 1.86 bits per heavy atom. The van der Waals surface area contributed by atoms with Crippen LogP contribution in [0.15, 0.2) is 82.7 Å². The Balaban J connectivity index is 1.80. The number of thiazole rings is 1. The number of rotatable bonds is 7. The van der Waals surface area contributed by atoms with E-state index in [-0.39, 0.29) is 11.4 Å².